The molecule has 3 fully saturated rings. The molecule has 2 aromatic heterocycles. The summed E-state index contributed by atoms with van der Waals surface area (Å²) >= 11 is 0. The SMILES string of the molecule is O=C(c1cccnc1)N1C[C@H]2CC[C@@H](C1)N(C(=O)CCCn1ccnc1)C2. The summed E-state index contributed by atoms with van der Waals surface area (Å²) < 4.78 is 2.00. The lowest BCUT2D eigenvalue weighted by atomic mass is 9.94. The summed E-state index contributed by atoms with van der Waals surface area (Å²) in [5.41, 5.74) is 0.622. The summed E-state index contributed by atoms with van der Waals surface area (Å²) in [5.74, 6) is 0.594. The Balaban J connectivity index is 1.37. The van der Waals surface area contributed by atoms with Crippen LogP contribution in [0, 0.1) is 5.92 Å². The summed E-state index contributed by atoms with van der Waals surface area (Å²) in [6.45, 7) is 2.92. The van der Waals surface area contributed by atoms with E-state index < -0.39 is 0 Å². The minimum Gasteiger partial charge on any atom is -0.338 e. The highest BCUT2D eigenvalue weighted by Crippen LogP contribution is 2.29. The number of hydrogen-bond acceptors (Lipinski definition) is 4. The number of aromatic nitrogens is 3. The number of fused-ring (bicyclic) bond motifs is 4. The average molecular weight is 367 g/mol. The van der Waals surface area contributed by atoms with E-state index in [9.17, 15) is 9.59 Å². The third-order valence-corrected chi connectivity index (χ3v) is 5.60. The van der Waals surface area contributed by atoms with Crippen LogP contribution in [0.3, 0.4) is 0 Å². The van der Waals surface area contributed by atoms with Gasteiger partial charge in [0, 0.05) is 63.4 Å². The van der Waals surface area contributed by atoms with Crippen molar-refractivity contribution in [3.8, 4) is 0 Å². The largest absolute Gasteiger partial charge is 0.338 e. The molecule has 2 aromatic rings. The second-order valence-electron chi connectivity index (χ2n) is 7.50. The Morgan fingerprint density at radius 3 is 2.81 bits per heavy atom. The monoisotopic (exact) mass is 367 g/mol. The highest BCUT2D eigenvalue weighted by Gasteiger charge is 2.38. The highest BCUT2D eigenvalue weighted by atomic mass is 16.2. The van der Waals surface area contributed by atoms with Crippen LogP contribution in [-0.2, 0) is 11.3 Å². The average Bonchev–Trinajstić information content (AvgIpc) is 3.05. The van der Waals surface area contributed by atoms with E-state index in [1.54, 1.807) is 37.1 Å². The van der Waals surface area contributed by atoms with Crippen LogP contribution in [0.2, 0.25) is 0 Å². The standard InChI is InChI=1S/C20H25N5O2/c26-19(4-2-9-23-10-8-22-15-23)25-13-16-5-6-18(25)14-24(12-16)20(27)17-3-1-7-21-11-17/h1,3,7-8,10-11,15-16,18H,2,4-6,9,12-14H2/t16-,18+/m1/s1. The number of hydrogen-bond donors (Lipinski definition) is 0. The lowest BCUT2D eigenvalue weighted by molar-refractivity contribution is -0.135. The van der Waals surface area contributed by atoms with Crippen LogP contribution in [0.1, 0.15) is 36.0 Å². The van der Waals surface area contributed by atoms with Crippen molar-refractivity contribution >= 4 is 11.8 Å². The number of imidazole rings is 1. The molecule has 0 aromatic carbocycles. The van der Waals surface area contributed by atoms with E-state index in [4.69, 9.17) is 0 Å². The Bertz CT molecular complexity index is 777. The van der Waals surface area contributed by atoms with Crippen molar-refractivity contribution < 1.29 is 9.59 Å². The minimum absolute atomic E-state index is 0.0226. The molecular weight excluding hydrogens is 342 g/mol. The van der Waals surface area contributed by atoms with Crippen LogP contribution in [-0.4, -0.2) is 61.8 Å². The Hall–Kier alpha value is -2.70. The first-order chi connectivity index (χ1) is 13.2. The van der Waals surface area contributed by atoms with Gasteiger partial charge in [0.05, 0.1) is 11.9 Å². The molecule has 5 heterocycles. The van der Waals surface area contributed by atoms with E-state index in [1.165, 1.54) is 0 Å². The molecule has 0 aliphatic carbocycles. The molecule has 142 valence electrons. The Labute approximate surface area is 159 Å². The molecule has 0 N–H and O–H groups in total. The van der Waals surface area contributed by atoms with Gasteiger partial charge in [-0.05, 0) is 37.3 Å². The first kappa shape index (κ1) is 17.7. The van der Waals surface area contributed by atoms with E-state index in [0.29, 0.717) is 24.4 Å². The van der Waals surface area contributed by atoms with Crippen LogP contribution in [0.5, 0.6) is 0 Å². The molecule has 3 aliphatic heterocycles. The molecule has 3 aliphatic rings. The van der Waals surface area contributed by atoms with E-state index in [2.05, 4.69) is 9.97 Å². The lowest BCUT2D eigenvalue weighted by Gasteiger charge is -2.36. The van der Waals surface area contributed by atoms with Crippen LogP contribution in [0.15, 0.2) is 43.2 Å². The molecule has 7 nitrogen and oxygen atoms in total. The van der Waals surface area contributed by atoms with Crippen molar-refractivity contribution in [1.29, 1.82) is 0 Å². The van der Waals surface area contributed by atoms with Gasteiger partial charge in [-0.1, -0.05) is 0 Å². The molecule has 0 spiro atoms. The number of nitrogens with zero attached hydrogens (tertiary/aromatic N) is 5. The number of carbonyl (C=O) groups is 2. The highest BCUT2D eigenvalue weighted by molar-refractivity contribution is 5.94. The second kappa shape index (κ2) is 7.90. The summed E-state index contributed by atoms with van der Waals surface area (Å²) in [6.07, 6.45) is 12.2. The van der Waals surface area contributed by atoms with Crippen molar-refractivity contribution in [2.24, 2.45) is 5.92 Å². The molecule has 3 saturated heterocycles. The maximum absolute atomic E-state index is 12.8. The van der Waals surface area contributed by atoms with Gasteiger partial charge in [-0.25, -0.2) is 4.98 Å². The lowest BCUT2D eigenvalue weighted by Crippen LogP contribution is -2.47. The summed E-state index contributed by atoms with van der Waals surface area (Å²) in [6, 6.07) is 3.72. The van der Waals surface area contributed by atoms with Gasteiger partial charge in [0.25, 0.3) is 5.91 Å². The molecule has 0 radical (unpaired) electrons. The first-order valence-electron chi connectivity index (χ1n) is 9.65. The minimum atomic E-state index is 0.0226. The fraction of sp³-hybridized carbons (Fsp3) is 0.500. The van der Waals surface area contributed by atoms with Gasteiger partial charge in [0.15, 0.2) is 0 Å². The number of rotatable bonds is 5. The van der Waals surface area contributed by atoms with Crippen LogP contribution >= 0.6 is 0 Å². The molecule has 27 heavy (non-hydrogen) atoms. The zero-order valence-corrected chi connectivity index (χ0v) is 15.4. The number of amides is 2. The van der Waals surface area contributed by atoms with Crippen molar-refractivity contribution in [3.05, 3.63) is 48.8 Å². The Morgan fingerprint density at radius 2 is 2.04 bits per heavy atom. The van der Waals surface area contributed by atoms with Gasteiger partial charge in [-0.3, -0.25) is 14.6 Å². The number of aryl methyl sites for hydroxylation is 1. The first-order valence-corrected chi connectivity index (χ1v) is 9.65. The van der Waals surface area contributed by atoms with E-state index in [0.717, 1.165) is 38.9 Å². The van der Waals surface area contributed by atoms with Gasteiger partial charge < -0.3 is 14.4 Å². The number of piperidine rings is 1. The second-order valence-corrected chi connectivity index (χ2v) is 7.50. The van der Waals surface area contributed by atoms with Gasteiger partial charge in [-0.15, -0.1) is 0 Å². The molecule has 2 bridgehead atoms. The summed E-state index contributed by atoms with van der Waals surface area (Å²) in [4.78, 5) is 37.7. The Kier molecular flexibility index (Phi) is 5.18. The molecule has 2 atom stereocenters. The number of pyridine rings is 1. The van der Waals surface area contributed by atoms with Crippen molar-refractivity contribution in [1.82, 2.24) is 24.3 Å². The Morgan fingerprint density at radius 1 is 1.11 bits per heavy atom. The zero-order valence-electron chi connectivity index (χ0n) is 15.4. The van der Waals surface area contributed by atoms with E-state index >= 15 is 0 Å². The molecule has 2 amide bonds. The van der Waals surface area contributed by atoms with Crippen LogP contribution in [0.25, 0.3) is 0 Å². The third kappa shape index (κ3) is 4.02. The van der Waals surface area contributed by atoms with Crippen molar-refractivity contribution in [2.75, 3.05) is 19.6 Å². The van der Waals surface area contributed by atoms with Gasteiger partial charge >= 0.3 is 0 Å². The summed E-state index contributed by atoms with van der Waals surface area (Å²) in [5, 5.41) is 0. The normalized spacial score (nSPS) is 21.9. The third-order valence-electron chi connectivity index (χ3n) is 5.60. The molecule has 0 saturated carbocycles. The van der Waals surface area contributed by atoms with Gasteiger partial charge in [0.1, 0.15) is 0 Å². The maximum atomic E-state index is 12.8. The van der Waals surface area contributed by atoms with Crippen LogP contribution in [0.4, 0.5) is 0 Å². The van der Waals surface area contributed by atoms with E-state index in [-0.39, 0.29) is 17.9 Å². The maximum Gasteiger partial charge on any atom is 0.255 e. The molecule has 5 rings (SSSR count). The molecule has 7 heteroatoms. The topological polar surface area (TPSA) is 71.3 Å². The number of carbonyl (C=O) groups excluding carboxylic acids is 2. The smallest absolute Gasteiger partial charge is 0.255 e. The fourth-order valence-electron chi connectivity index (χ4n) is 4.20. The zero-order chi connectivity index (χ0) is 18.6. The van der Waals surface area contributed by atoms with Gasteiger partial charge in [0.2, 0.25) is 5.91 Å². The predicted octanol–water partition coefficient (Wildman–Crippen LogP) is 1.82. The predicted molar refractivity (Wildman–Crippen MR) is 99.8 cm³/mol. The summed E-state index contributed by atoms with van der Waals surface area (Å²) in [7, 11) is 0. The van der Waals surface area contributed by atoms with E-state index in [1.807, 2.05) is 20.6 Å². The van der Waals surface area contributed by atoms with Crippen molar-refractivity contribution in [3.63, 3.8) is 0 Å². The van der Waals surface area contributed by atoms with Crippen molar-refractivity contribution in [2.45, 2.75) is 38.3 Å². The molecule has 0 unspecified atom stereocenters. The van der Waals surface area contributed by atoms with Gasteiger partial charge in [-0.2, -0.15) is 0 Å². The molecular formula is C20H25N5O2. The van der Waals surface area contributed by atoms with Crippen LogP contribution < -0.4 is 0 Å². The quantitative estimate of drug-likeness (QED) is 0.808. The fourth-order valence-corrected chi connectivity index (χ4v) is 4.20.